The number of nitrogens with zero attached hydrogens (tertiary/aromatic N) is 4. The third-order valence-corrected chi connectivity index (χ3v) is 4.40. The standard InChI is InChI=1S/C18H22N4O2/c1-14(15-8-4-5-9-16(15)24-3)20(2)12-13-22-18(23)21-11-7-6-10-17(21)19-22/h4-11,14H,12-13H2,1-3H3. The van der Waals surface area contributed by atoms with Crippen molar-refractivity contribution in [2.45, 2.75) is 19.5 Å². The summed E-state index contributed by atoms with van der Waals surface area (Å²) >= 11 is 0. The summed E-state index contributed by atoms with van der Waals surface area (Å²) in [4.78, 5) is 14.5. The molecule has 2 aromatic heterocycles. The molecular weight excluding hydrogens is 304 g/mol. The second-order valence-electron chi connectivity index (χ2n) is 5.83. The van der Waals surface area contributed by atoms with E-state index in [4.69, 9.17) is 4.74 Å². The number of hydrogen-bond donors (Lipinski definition) is 0. The van der Waals surface area contributed by atoms with Crippen molar-refractivity contribution < 1.29 is 4.74 Å². The molecular formula is C18H22N4O2. The van der Waals surface area contributed by atoms with E-state index in [0.29, 0.717) is 18.7 Å². The first kappa shape index (κ1) is 16.3. The van der Waals surface area contributed by atoms with Crippen LogP contribution in [0.1, 0.15) is 18.5 Å². The minimum atomic E-state index is -0.107. The molecule has 6 nitrogen and oxygen atoms in total. The van der Waals surface area contributed by atoms with Crippen molar-refractivity contribution in [3.63, 3.8) is 0 Å². The molecule has 0 N–H and O–H groups in total. The molecule has 6 heteroatoms. The zero-order valence-corrected chi connectivity index (χ0v) is 14.2. The second-order valence-corrected chi connectivity index (χ2v) is 5.83. The molecule has 0 aliphatic carbocycles. The van der Waals surface area contributed by atoms with E-state index >= 15 is 0 Å². The van der Waals surface area contributed by atoms with Crippen LogP contribution in [0.25, 0.3) is 5.65 Å². The molecule has 0 saturated carbocycles. The number of benzene rings is 1. The van der Waals surface area contributed by atoms with Crippen LogP contribution in [0.2, 0.25) is 0 Å². The SMILES string of the molecule is COc1ccccc1C(C)N(C)CCn1nc2ccccn2c1=O. The van der Waals surface area contributed by atoms with E-state index in [1.807, 2.05) is 43.4 Å². The van der Waals surface area contributed by atoms with E-state index in [1.165, 1.54) is 4.68 Å². The fourth-order valence-electron chi connectivity index (χ4n) is 2.81. The molecule has 0 amide bonds. The molecule has 0 saturated heterocycles. The molecule has 3 aromatic rings. The van der Waals surface area contributed by atoms with Crippen molar-refractivity contribution >= 4 is 5.65 Å². The molecule has 0 bridgehead atoms. The highest BCUT2D eigenvalue weighted by atomic mass is 16.5. The number of hydrogen-bond acceptors (Lipinski definition) is 4. The van der Waals surface area contributed by atoms with Gasteiger partial charge in [0.25, 0.3) is 0 Å². The number of pyridine rings is 1. The van der Waals surface area contributed by atoms with Crippen LogP contribution in [0.15, 0.2) is 53.5 Å². The van der Waals surface area contributed by atoms with Crippen LogP contribution in [0.3, 0.4) is 0 Å². The van der Waals surface area contributed by atoms with Crippen molar-refractivity contribution in [1.29, 1.82) is 0 Å². The number of fused-ring (bicyclic) bond motifs is 1. The van der Waals surface area contributed by atoms with Crippen molar-refractivity contribution in [2.75, 3.05) is 20.7 Å². The van der Waals surface area contributed by atoms with E-state index in [1.54, 1.807) is 17.7 Å². The molecule has 0 spiro atoms. The minimum absolute atomic E-state index is 0.107. The van der Waals surface area contributed by atoms with Crippen LogP contribution in [-0.4, -0.2) is 39.8 Å². The Morgan fingerprint density at radius 1 is 1.21 bits per heavy atom. The van der Waals surface area contributed by atoms with Gasteiger partial charge in [0.1, 0.15) is 5.75 Å². The smallest absolute Gasteiger partial charge is 0.350 e. The Kier molecular flexibility index (Phi) is 4.66. The first-order valence-electron chi connectivity index (χ1n) is 7.99. The van der Waals surface area contributed by atoms with Gasteiger partial charge >= 0.3 is 5.69 Å². The van der Waals surface area contributed by atoms with E-state index < -0.39 is 0 Å². The number of aromatic nitrogens is 3. The van der Waals surface area contributed by atoms with Gasteiger partial charge in [-0.2, -0.15) is 0 Å². The zero-order chi connectivity index (χ0) is 17.1. The first-order chi connectivity index (χ1) is 11.6. The number of ether oxygens (including phenoxy) is 1. The molecule has 1 aromatic carbocycles. The molecule has 0 aliphatic heterocycles. The lowest BCUT2D eigenvalue weighted by atomic mass is 10.1. The van der Waals surface area contributed by atoms with Crippen molar-refractivity contribution in [3.8, 4) is 5.75 Å². The van der Waals surface area contributed by atoms with Gasteiger partial charge in [-0.15, -0.1) is 5.10 Å². The Bertz CT molecular complexity index is 884. The van der Waals surface area contributed by atoms with Gasteiger partial charge in [-0.1, -0.05) is 24.3 Å². The summed E-state index contributed by atoms with van der Waals surface area (Å²) in [6.07, 6.45) is 1.74. The molecule has 3 rings (SSSR count). The summed E-state index contributed by atoms with van der Waals surface area (Å²) in [5.41, 5.74) is 1.69. The third kappa shape index (κ3) is 3.05. The van der Waals surface area contributed by atoms with E-state index in [2.05, 4.69) is 23.0 Å². The molecule has 1 atom stereocenters. The molecule has 126 valence electrons. The Morgan fingerprint density at radius 2 is 1.96 bits per heavy atom. The summed E-state index contributed by atoms with van der Waals surface area (Å²) in [6, 6.07) is 13.7. The molecule has 0 radical (unpaired) electrons. The van der Waals surface area contributed by atoms with Gasteiger partial charge < -0.3 is 4.74 Å². The normalized spacial score (nSPS) is 12.7. The third-order valence-electron chi connectivity index (χ3n) is 4.40. The Morgan fingerprint density at radius 3 is 2.71 bits per heavy atom. The molecule has 0 aliphatic rings. The number of methoxy groups -OCH3 is 1. The van der Waals surface area contributed by atoms with Gasteiger partial charge in [-0.3, -0.25) is 9.30 Å². The summed E-state index contributed by atoms with van der Waals surface area (Å²) in [5.74, 6) is 0.877. The van der Waals surface area contributed by atoms with Gasteiger partial charge in [0.2, 0.25) is 0 Å². The van der Waals surface area contributed by atoms with Gasteiger partial charge in [-0.05, 0) is 32.2 Å². The Balaban J connectivity index is 1.73. The average Bonchev–Trinajstić information content (AvgIpc) is 2.95. The van der Waals surface area contributed by atoms with Crippen LogP contribution < -0.4 is 10.4 Å². The topological polar surface area (TPSA) is 51.8 Å². The quantitative estimate of drug-likeness (QED) is 0.697. The van der Waals surface area contributed by atoms with Crippen LogP contribution in [0, 0.1) is 0 Å². The maximum atomic E-state index is 12.3. The van der Waals surface area contributed by atoms with Crippen LogP contribution in [-0.2, 0) is 6.54 Å². The van der Waals surface area contributed by atoms with Gasteiger partial charge in [0.05, 0.1) is 13.7 Å². The second kappa shape index (κ2) is 6.88. The minimum Gasteiger partial charge on any atom is -0.496 e. The Hall–Kier alpha value is -2.60. The number of rotatable bonds is 6. The van der Waals surface area contributed by atoms with E-state index in [-0.39, 0.29) is 11.7 Å². The maximum Gasteiger partial charge on any atom is 0.350 e. The zero-order valence-electron chi connectivity index (χ0n) is 14.2. The molecule has 2 heterocycles. The molecule has 24 heavy (non-hydrogen) atoms. The summed E-state index contributed by atoms with van der Waals surface area (Å²) in [5, 5.41) is 4.37. The Labute approximate surface area is 140 Å². The maximum absolute atomic E-state index is 12.3. The highest BCUT2D eigenvalue weighted by Gasteiger charge is 2.16. The highest BCUT2D eigenvalue weighted by molar-refractivity contribution is 5.36. The fourth-order valence-corrected chi connectivity index (χ4v) is 2.81. The monoisotopic (exact) mass is 326 g/mol. The van der Waals surface area contributed by atoms with Gasteiger partial charge in [-0.25, -0.2) is 9.48 Å². The molecule has 1 unspecified atom stereocenters. The lowest BCUT2D eigenvalue weighted by molar-refractivity contribution is 0.240. The summed E-state index contributed by atoms with van der Waals surface area (Å²) in [6.45, 7) is 3.38. The van der Waals surface area contributed by atoms with Crippen LogP contribution >= 0.6 is 0 Å². The largest absolute Gasteiger partial charge is 0.496 e. The summed E-state index contributed by atoms with van der Waals surface area (Å²) < 4.78 is 8.51. The average molecular weight is 326 g/mol. The highest BCUT2D eigenvalue weighted by Crippen LogP contribution is 2.27. The van der Waals surface area contributed by atoms with Crippen LogP contribution in [0.4, 0.5) is 0 Å². The van der Waals surface area contributed by atoms with Crippen molar-refractivity contribution in [2.24, 2.45) is 0 Å². The fraction of sp³-hybridized carbons (Fsp3) is 0.333. The van der Waals surface area contributed by atoms with Crippen molar-refractivity contribution in [1.82, 2.24) is 19.1 Å². The van der Waals surface area contributed by atoms with Crippen molar-refractivity contribution in [3.05, 3.63) is 64.7 Å². The van der Waals surface area contributed by atoms with Crippen LogP contribution in [0.5, 0.6) is 5.75 Å². The lowest BCUT2D eigenvalue weighted by Crippen LogP contribution is -2.30. The van der Waals surface area contributed by atoms with Gasteiger partial charge in [0, 0.05) is 24.3 Å². The number of para-hydroxylation sites is 1. The van der Waals surface area contributed by atoms with E-state index in [0.717, 1.165) is 11.3 Å². The van der Waals surface area contributed by atoms with E-state index in [9.17, 15) is 4.79 Å². The van der Waals surface area contributed by atoms with Gasteiger partial charge in [0.15, 0.2) is 5.65 Å². The number of likely N-dealkylation sites (N-methyl/N-ethyl adjacent to an activating group) is 1. The predicted octanol–water partition coefficient (Wildman–Crippen LogP) is 2.20. The summed E-state index contributed by atoms with van der Waals surface area (Å²) in [7, 11) is 3.72. The molecule has 0 fully saturated rings. The lowest BCUT2D eigenvalue weighted by Gasteiger charge is -2.26. The predicted molar refractivity (Wildman–Crippen MR) is 93.5 cm³/mol. The first-order valence-corrected chi connectivity index (χ1v) is 7.99.